The Morgan fingerprint density at radius 1 is 1.25 bits per heavy atom. The summed E-state index contributed by atoms with van der Waals surface area (Å²) in [6.07, 6.45) is 3.83. The molecule has 0 aliphatic rings. The summed E-state index contributed by atoms with van der Waals surface area (Å²) in [5.74, 6) is 0.938. The molecule has 0 spiro atoms. The van der Waals surface area contributed by atoms with Gasteiger partial charge in [0.2, 0.25) is 0 Å². The zero-order chi connectivity index (χ0) is 4.83. The maximum absolute atomic E-state index is 4.72. The van der Waals surface area contributed by atoms with Crippen LogP contribution in [0.25, 0.3) is 0 Å². The first kappa shape index (κ1) is 16.5. The van der Waals surface area contributed by atoms with Crippen molar-refractivity contribution < 1.29 is 51.6 Å². The fourth-order valence-corrected chi connectivity index (χ4v) is 0.556. The van der Waals surface area contributed by atoms with Crippen molar-refractivity contribution >= 4 is 12.6 Å². The minimum absolute atomic E-state index is 0. The van der Waals surface area contributed by atoms with Gasteiger partial charge in [-0.25, -0.2) is 0 Å². The van der Waals surface area contributed by atoms with Crippen molar-refractivity contribution in [3.05, 3.63) is 0 Å². The first-order valence-corrected chi connectivity index (χ1v) is 3.07. The van der Waals surface area contributed by atoms with Crippen LogP contribution in [0.15, 0.2) is 0 Å². The summed E-state index contributed by atoms with van der Waals surface area (Å²) in [6.45, 7) is 2.19. The summed E-state index contributed by atoms with van der Waals surface area (Å²) >= 11 is 4.72. The normalized spacial score (nSPS) is 6.75. The average molecular weight is 431 g/mol. The second-order valence-electron chi connectivity index (χ2n) is 1.41. The van der Waals surface area contributed by atoms with Crippen LogP contribution in [-0.2, 0) is 40.3 Å². The molecule has 0 N–H and O–H groups in total. The van der Waals surface area contributed by atoms with E-state index in [1.165, 1.54) is 19.3 Å². The van der Waals surface area contributed by atoms with Crippen LogP contribution in [-0.4, -0.2) is 5.75 Å². The van der Waals surface area contributed by atoms with E-state index >= 15 is 0 Å². The number of hydrogen-bond donors (Lipinski definition) is 0. The van der Waals surface area contributed by atoms with Crippen molar-refractivity contribution in [1.82, 2.24) is 0 Å². The smallest absolute Gasteiger partial charge is 1.00 e. The van der Waals surface area contributed by atoms with E-state index in [0.29, 0.717) is 0 Å². The second kappa shape index (κ2) is 16.0. The Kier molecular flexibility index (Phi) is 33.1. The number of hydrogen-bond acceptors (Lipinski definition) is 1. The molecule has 0 rings (SSSR count). The Labute approximate surface area is 95.1 Å². The molecule has 0 saturated carbocycles. The fourth-order valence-electron chi connectivity index (χ4n) is 0.352. The third kappa shape index (κ3) is 15.7. The van der Waals surface area contributed by atoms with Crippen LogP contribution >= 0.6 is 0 Å². The van der Waals surface area contributed by atoms with Gasteiger partial charge in [0.05, 0.1) is 0 Å². The van der Waals surface area contributed by atoms with E-state index in [-0.39, 0.29) is 51.6 Å². The molecule has 0 unspecified atom stereocenters. The van der Waals surface area contributed by atoms with Gasteiger partial charge in [-0.05, 0) is 0 Å². The topological polar surface area (TPSA) is 0 Å². The molecule has 0 atom stereocenters. The van der Waals surface area contributed by atoms with Gasteiger partial charge >= 0.3 is 27.7 Å². The molecule has 0 fully saturated rings. The van der Waals surface area contributed by atoms with E-state index in [2.05, 4.69) is 6.92 Å². The van der Waals surface area contributed by atoms with Gasteiger partial charge in [0.1, 0.15) is 0 Å². The van der Waals surface area contributed by atoms with Crippen molar-refractivity contribution in [2.75, 3.05) is 5.75 Å². The molecule has 8 heavy (non-hydrogen) atoms. The van der Waals surface area contributed by atoms with E-state index < -0.39 is 0 Å². The SMILES string of the molecule is CCCCC[S-].[Hg+2].[I-]. The summed E-state index contributed by atoms with van der Waals surface area (Å²) in [5.41, 5.74) is 0. The summed E-state index contributed by atoms with van der Waals surface area (Å²) in [5, 5.41) is 0. The second-order valence-corrected chi connectivity index (χ2v) is 1.82. The number of unbranched alkanes of at least 4 members (excludes halogenated alkanes) is 2. The summed E-state index contributed by atoms with van der Waals surface area (Å²) in [7, 11) is 0. The van der Waals surface area contributed by atoms with Crippen LogP contribution in [0.5, 0.6) is 0 Å². The largest absolute Gasteiger partial charge is 2.00 e. The van der Waals surface area contributed by atoms with E-state index in [9.17, 15) is 0 Å². The minimum Gasteiger partial charge on any atom is -1.00 e. The molecule has 0 heterocycles. The molecular weight excluding hydrogens is 420 g/mol. The molecule has 0 nitrogen and oxygen atoms in total. The van der Waals surface area contributed by atoms with Gasteiger partial charge in [-0.15, -0.1) is 0 Å². The van der Waals surface area contributed by atoms with Gasteiger partial charge in [0.25, 0.3) is 0 Å². The van der Waals surface area contributed by atoms with Crippen molar-refractivity contribution in [3.63, 3.8) is 0 Å². The maximum Gasteiger partial charge on any atom is 2.00 e. The average Bonchev–Trinajstić information content (AvgIpc) is 1.61. The summed E-state index contributed by atoms with van der Waals surface area (Å²) < 4.78 is 0. The summed E-state index contributed by atoms with van der Waals surface area (Å²) in [6, 6.07) is 0. The summed E-state index contributed by atoms with van der Waals surface area (Å²) in [4.78, 5) is 0. The van der Waals surface area contributed by atoms with Crippen LogP contribution in [0.3, 0.4) is 0 Å². The standard InChI is InChI=1S/C5H12S.Hg.HI/c1-2-3-4-5-6;;/h6H,2-5H2,1H3;;1H/q;+2;/p-2. The molecule has 0 bridgehead atoms. The molecule has 0 aromatic rings. The number of rotatable bonds is 3. The van der Waals surface area contributed by atoms with Crippen LogP contribution in [0.4, 0.5) is 0 Å². The Bertz CT molecular complexity index is 24.4. The van der Waals surface area contributed by atoms with Crippen molar-refractivity contribution in [3.8, 4) is 0 Å². The molecule has 3 heteroatoms. The Morgan fingerprint density at radius 3 is 1.88 bits per heavy atom. The Morgan fingerprint density at radius 2 is 1.75 bits per heavy atom. The maximum atomic E-state index is 4.72. The van der Waals surface area contributed by atoms with Gasteiger partial charge in [-0.1, -0.05) is 26.2 Å². The molecule has 0 aliphatic heterocycles. The molecule has 0 aliphatic carbocycles. The fraction of sp³-hybridized carbons (Fsp3) is 1.00. The predicted molar refractivity (Wildman–Crippen MR) is 31.8 cm³/mol. The van der Waals surface area contributed by atoms with Crippen LogP contribution in [0, 0.1) is 0 Å². The van der Waals surface area contributed by atoms with Crippen LogP contribution in [0.2, 0.25) is 0 Å². The van der Waals surface area contributed by atoms with Gasteiger partial charge < -0.3 is 36.6 Å². The molecule has 0 aromatic heterocycles. The van der Waals surface area contributed by atoms with Crippen LogP contribution in [0.1, 0.15) is 26.2 Å². The monoisotopic (exact) mass is 432 g/mol. The molecule has 0 radical (unpaired) electrons. The van der Waals surface area contributed by atoms with Crippen molar-refractivity contribution in [1.29, 1.82) is 0 Å². The minimum atomic E-state index is 0. The molecule has 46 valence electrons. The number of halogens is 1. The third-order valence-electron chi connectivity index (χ3n) is 0.748. The molecule has 0 amide bonds. The van der Waals surface area contributed by atoms with E-state index in [1.807, 2.05) is 0 Å². The molecule has 0 saturated heterocycles. The predicted octanol–water partition coefficient (Wildman–Crippen LogP) is -1.27. The van der Waals surface area contributed by atoms with Gasteiger partial charge in [0, 0.05) is 0 Å². The first-order chi connectivity index (χ1) is 2.91. The van der Waals surface area contributed by atoms with Gasteiger partial charge in [-0.2, -0.15) is 5.75 Å². The zero-order valence-corrected chi connectivity index (χ0v) is 13.8. The van der Waals surface area contributed by atoms with Gasteiger partial charge in [0.15, 0.2) is 0 Å². The van der Waals surface area contributed by atoms with Crippen molar-refractivity contribution in [2.24, 2.45) is 0 Å². The molecule has 0 aromatic carbocycles. The third-order valence-corrected chi connectivity index (χ3v) is 1.04. The van der Waals surface area contributed by atoms with Crippen LogP contribution < -0.4 is 24.0 Å². The van der Waals surface area contributed by atoms with E-state index in [0.717, 1.165) is 5.75 Å². The Hall–Kier alpha value is 2.02. The Balaban J connectivity index is -0.000000125. The van der Waals surface area contributed by atoms with Crippen molar-refractivity contribution in [2.45, 2.75) is 26.2 Å². The quantitative estimate of drug-likeness (QED) is 0.233. The zero-order valence-electron chi connectivity index (χ0n) is 5.32. The van der Waals surface area contributed by atoms with Gasteiger partial charge in [-0.3, -0.25) is 0 Å². The van der Waals surface area contributed by atoms with E-state index in [4.69, 9.17) is 12.6 Å². The first-order valence-electron chi connectivity index (χ1n) is 2.50. The molecular formula is C5H11HgIS. The van der Waals surface area contributed by atoms with E-state index in [1.54, 1.807) is 0 Å².